The van der Waals surface area contributed by atoms with Gasteiger partial charge in [0.05, 0.1) is 0 Å². The molecule has 8 heteroatoms. The Hall–Kier alpha value is -2.73. The highest BCUT2D eigenvalue weighted by atomic mass is 35.5. The molecule has 3 aromatic rings. The second kappa shape index (κ2) is 13.4. The summed E-state index contributed by atoms with van der Waals surface area (Å²) in [5.74, 6) is -0.133. The first kappa shape index (κ1) is 26.9. The maximum atomic E-state index is 13.5. The standard InChI is InChI=1S/C27H27Cl3N2O3/c1-2-13-31-27(34)25(14-19-7-4-3-5-8-19)32(17-20-11-12-22(29)16-24(20)30)26(33)18-35-23-10-6-9-21(28)15-23/h3-12,15-16,25H,2,13-14,17-18H2,1H3,(H,31,34)/t25-/m0/s1. The fourth-order valence-electron chi connectivity index (χ4n) is 3.54. The van der Waals surface area contributed by atoms with Crippen LogP contribution in [-0.4, -0.2) is 35.9 Å². The number of ether oxygens (including phenoxy) is 1. The second-order valence-corrected chi connectivity index (χ2v) is 9.28. The molecule has 0 aliphatic rings. The molecule has 0 saturated heterocycles. The van der Waals surface area contributed by atoms with Crippen LogP contribution < -0.4 is 10.1 Å². The Kier molecular flexibility index (Phi) is 10.3. The van der Waals surface area contributed by atoms with Crippen LogP contribution in [-0.2, 0) is 22.6 Å². The Labute approximate surface area is 220 Å². The topological polar surface area (TPSA) is 58.6 Å². The number of amides is 2. The van der Waals surface area contributed by atoms with Gasteiger partial charge >= 0.3 is 0 Å². The van der Waals surface area contributed by atoms with E-state index in [0.29, 0.717) is 39.3 Å². The van der Waals surface area contributed by atoms with Gasteiger partial charge in [0.25, 0.3) is 5.91 Å². The van der Waals surface area contributed by atoms with Crippen molar-refractivity contribution in [2.75, 3.05) is 13.2 Å². The predicted octanol–water partition coefficient (Wildman–Crippen LogP) is 6.19. The minimum Gasteiger partial charge on any atom is -0.484 e. The highest BCUT2D eigenvalue weighted by Crippen LogP contribution is 2.24. The maximum absolute atomic E-state index is 13.5. The number of carbonyl (C=O) groups excluding carboxylic acids is 2. The van der Waals surface area contributed by atoms with Crippen molar-refractivity contribution in [2.24, 2.45) is 0 Å². The van der Waals surface area contributed by atoms with Crippen LogP contribution in [0.25, 0.3) is 0 Å². The molecular formula is C27H27Cl3N2O3. The number of carbonyl (C=O) groups is 2. The summed E-state index contributed by atoms with van der Waals surface area (Å²) < 4.78 is 5.72. The molecule has 0 saturated carbocycles. The van der Waals surface area contributed by atoms with Gasteiger partial charge in [-0.05, 0) is 47.9 Å². The van der Waals surface area contributed by atoms with Gasteiger partial charge in [-0.25, -0.2) is 0 Å². The van der Waals surface area contributed by atoms with Crippen molar-refractivity contribution in [1.82, 2.24) is 10.2 Å². The van der Waals surface area contributed by atoms with Crippen LogP contribution in [0.5, 0.6) is 5.75 Å². The summed E-state index contributed by atoms with van der Waals surface area (Å²) in [6, 6.07) is 20.7. The van der Waals surface area contributed by atoms with E-state index in [-0.39, 0.29) is 25.0 Å². The van der Waals surface area contributed by atoms with Crippen LogP contribution in [0.1, 0.15) is 24.5 Å². The SMILES string of the molecule is CCCNC(=O)[C@H](Cc1ccccc1)N(Cc1ccc(Cl)cc1Cl)C(=O)COc1cccc(Cl)c1. The summed E-state index contributed by atoms with van der Waals surface area (Å²) in [6.07, 6.45) is 1.11. The molecule has 0 radical (unpaired) electrons. The normalized spacial score (nSPS) is 11.5. The summed E-state index contributed by atoms with van der Waals surface area (Å²) in [5.41, 5.74) is 1.61. The predicted molar refractivity (Wildman–Crippen MR) is 141 cm³/mol. The summed E-state index contributed by atoms with van der Waals surface area (Å²) in [7, 11) is 0. The molecule has 1 atom stereocenters. The minimum absolute atomic E-state index is 0.116. The third kappa shape index (κ3) is 8.17. The van der Waals surface area contributed by atoms with Gasteiger partial charge in [-0.3, -0.25) is 9.59 Å². The van der Waals surface area contributed by atoms with E-state index in [9.17, 15) is 9.59 Å². The van der Waals surface area contributed by atoms with Crippen molar-refractivity contribution in [3.63, 3.8) is 0 Å². The van der Waals surface area contributed by atoms with Crippen LogP contribution in [0.3, 0.4) is 0 Å². The lowest BCUT2D eigenvalue weighted by molar-refractivity contribution is -0.142. The molecule has 3 rings (SSSR count). The number of hydrogen-bond acceptors (Lipinski definition) is 3. The lowest BCUT2D eigenvalue weighted by Gasteiger charge is -2.31. The molecule has 0 spiro atoms. The molecule has 0 aliphatic carbocycles. The van der Waals surface area contributed by atoms with E-state index in [4.69, 9.17) is 39.5 Å². The zero-order valence-corrected chi connectivity index (χ0v) is 21.6. The number of hydrogen-bond donors (Lipinski definition) is 1. The summed E-state index contributed by atoms with van der Waals surface area (Å²) in [4.78, 5) is 28.3. The lowest BCUT2D eigenvalue weighted by atomic mass is 10.0. The highest BCUT2D eigenvalue weighted by Gasteiger charge is 2.31. The van der Waals surface area contributed by atoms with Crippen molar-refractivity contribution >= 4 is 46.6 Å². The first-order valence-electron chi connectivity index (χ1n) is 11.3. The fourth-order valence-corrected chi connectivity index (χ4v) is 4.19. The monoisotopic (exact) mass is 532 g/mol. The number of nitrogens with zero attached hydrogens (tertiary/aromatic N) is 1. The minimum atomic E-state index is -0.772. The van der Waals surface area contributed by atoms with Crippen LogP contribution in [0.4, 0.5) is 0 Å². The third-order valence-electron chi connectivity index (χ3n) is 5.33. The van der Waals surface area contributed by atoms with Crippen LogP contribution in [0.2, 0.25) is 15.1 Å². The zero-order chi connectivity index (χ0) is 25.2. The highest BCUT2D eigenvalue weighted by molar-refractivity contribution is 6.35. The Morgan fingerprint density at radius 1 is 0.943 bits per heavy atom. The summed E-state index contributed by atoms with van der Waals surface area (Å²) in [5, 5.41) is 4.34. The molecule has 184 valence electrons. The van der Waals surface area contributed by atoms with Crippen molar-refractivity contribution in [3.05, 3.63) is 99.0 Å². The van der Waals surface area contributed by atoms with Gasteiger partial charge < -0.3 is 15.0 Å². The molecule has 0 bridgehead atoms. The maximum Gasteiger partial charge on any atom is 0.261 e. The molecule has 0 aliphatic heterocycles. The molecule has 0 unspecified atom stereocenters. The van der Waals surface area contributed by atoms with Crippen LogP contribution in [0.15, 0.2) is 72.8 Å². The summed E-state index contributed by atoms with van der Waals surface area (Å²) >= 11 is 18.5. The van der Waals surface area contributed by atoms with E-state index < -0.39 is 6.04 Å². The smallest absolute Gasteiger partial charge is 0.261 e. The molecule has 1 N–H and O–H groups in total. The Morgan fingerprint density at radius 3 is 2.37 bits per heavy atom. The molecule has 0 fully saturated rings. The van der Waals surface area contributed by atoms with Crippen molar-refractivity contribution in [2.45, 2.75) is 32.4 Å². The Balaban J connectivity index is 1.92. The van der Waals surface area contributed by atoms with Gasteiger partial charge in [-0.1, -0.05) is 84.2 Å². The number of rotatable bonds is 11. The molecule has 2 amide bonds. The van der Waals surface area contributed by atoms with Crippen LogP contribution in [0, 0.1) is 0 Å². The first-order chi connectivity index (χ1) is 16.9. The molecule has 3 aromatic carbocycles. The second-order valence-electron chi connectivity index (χ2n) is 8.00. The van der Waals surface area contributed by atoms with E-state index in [0.717, 1.165) is 12.0 Å². The summed E-state index contributed by atoms with van der Waals surface area (Å²) in [6.45, 7) is 2.33. The molecule has 0 heterocycles. The van der Waals surface area contributed by atoms with Crippen molar-refractivity contribution < 1.29 is 14.3 Å². The Bertz CT molecular complexity index is 1140. The van der Waals surface area contributed by atoms with E-state index in [1.54, 1.807) is 42.5 Å². The van der Waals surface area contributed by atoms with E-state index in [2.05, 4.69) is 5.32 Å². The van der Waals surface area contributed by atoms with E-state index in [1.165, 1.54) is 4.90 Å². The van der Waals surface area contributed by atoms with Crippen molar-refractivity contribution in [3.8, 4) is 5.75 Å². The zero-order valence-electron chi connectivity index (χ0n) is 19.3. The lowest BCUT2D eigenvalue weighted by Crippen LogP contribution is -2.51. The van der Waals surface area contributed by atoms with Gasteiger partial charge in [0, 0.05) is 34.6 Å². The molecule has 5 nitrogen and oxygen atoms in total. The number of benzene rings is 3. The van der Waals surface area contributed by atoms with E-state index >= 15 is 0 Å². The quantitative estimate of drug-likeness (QED) is 0.320. The van der Waals surface area contributed by atoms with E-state index in [1.807, 2.05) is 37.3 Å². The van der Waals surface area contributed by atoms with Gasteiger partial charge in [0.2, 0.25) is 5.91 Å². The molecular weight excluding hydrogens is 507 g/mol. The van der Waals surface area contributed by atoms with Gasteiger partial charge in [-0.15, -0.1) is 0 Å². The average molecular weight is 534 g/mol. The van der Waals surface area contributed by atoms with Crippen molar-refractivity contribution in [1.29, 1.82) is 0 Å². The van der Waals surface area contributed by atoms with Gasteiger partial charge in [0.1, 0.15) is 11.8 Å². The Morgan fingerprint density at radius 2 is 1.69 bits per heavy atom. The van der Waals surface area contributed by atoms with Crippen LogP contribution >= 0.6 is 34.8 Å². The first-order valence-corrected chi connectivity index (χ1v) is 12.4. The van der Waals surface area contributed by atoms with Gasteiger partial charge in [0.15, 0.2) is 6.61 Å². The molecule has 0 aromatic heterocycles. The fraction of sp³-hybridized carbons (Fsp3) is 0.259. The largest absolute Gasteiger partial charge is 0.484 e. The number of halogens is 3. The number of nitrogens with one attached hydrogen (secondary N) is 1. The average Bonchev–Trinajstić information content (AvgIpc) is 2.85. The molecule has 35 heavy (non-hydrogen) atoms. The van der Waals surface area contributed by atoms with Gasteiger partial charge in [-0.2, -0.15) is 0 Å². The third-order valence-corrected chi connectivity index (χ3v) is 6.16.